The molecule has 1 amide bonds. The van der Waals surface area contributed by atoms with Crippen LogP contribution in [-0.4, -0.2) is 52.9 Å². The Morgan fingerprint density at radius 1 is 1.18 bits per heavy atom. The maximum absolute atomic E-state index is 9.68. The van der Waals surface area contributed by atoms with Gasteiger partial charge in [0.15, 0.2) is 5.79 Å². The maximum atomic E-state index is 9.68. The van der Waals surface area contributed by atoms with Gasteiger partial charge in [-0.05, 0) is 34.6 Å². The van der Waals surface area contributed by atoms with Gasteiger partial charge >= 0.3 is 0 Å². The van der Waals surface area contributed by atoms with E-state index in [2.05, 4.69) is 12.2 Å². The summed E-state index contributed by atoms with van der Waals surface area (Å²) in [5.41, 5.74) is 0.0417. The molecule has 6 nitrogen and oxygen atoms in total. The van der Waals surface area contributed by atoms with Crippen LogP contribution in [0.25, 0.3) is 0 Å². The summed E-state index contributed by atoms with van der Waals surface area (Å²) in [6.45, 7) is 12.1. The van der Waals surface area contributed by atoms with E-state index in [-0.39, 0.29) is 101 Å². The minimum Gasteiger partial charge on any atom is -0.394 e. The molecule has 0 spiro atoms. The Morgan fingerprint density at radius 3 is 1.50 bits per heavy atom. The van der Waals surface area contributed by atoms with Crippen LogP contribution in [-0.2, 0) is 92.2 Å². The maximum Gasteiger partial charge on any atom is 0.207 e. The Bertz CT molecular complexity index is 202. The Balaban J connectivity index is -0.0000000419. The normalized spacial score (nSPS) is 10.6. The van der Waals surface area contributed by atoms with Crippen LogP contribution in [0.1, 0.15) is 41.0 Å². The van der Waals surface area contributed by atoms with Crippen LogP contribution in [0.4, 0.5) is 0 Å². The van der Waals surface area contributed by atoms with Crippen molar-refractivity contribution < 1.29 is 107 Å². The summed E-state index contributed by atoms with van der Waals surface area (Å²) in [5.74, 6) is -1.50. The summed E-state index contributed by atoms with van der Waals surface area (Å²) in [6, 6.07) is -0.174. The first kappa shape index (κ1) is 39.3. The van der Waals surface area contributed by atoms with Gasteiger partial charge in [-0.2, -0.15) is 6.42 Å². The number of ether oxygens (including phenoxy) is 1. The standard InChI is InChI=1S/C5H10NO2.C5H12O.C3H8O2.Cd.2Hg/c1-2-5(3-7)6-4-8;1-5(2,3)6-4;1-3(2,4)5;;;/h4-5,7H,1-3H2,(H,6,8);1-4H3;4-5H,1-2H3;;;/q-1;;;;;. The van der Waals surface area contributed by atoms with Crippen molar-refractivity contribution in [3.63, 3.8) is 0 Å². The van der Waals surface area contributed by atoms with Crippen molar-refractivity contribution in [1.29, 1.82) is 0 Å². The van der Waals surface area contributed by atoms with E-state index in [4.69, 9.17) is 20.1 Å². The third-order valence-electron chi connectivity index (χ3n) is 1.48. The Labute approximate surface area is 196 Å². The SMILES string of the molecule is CC(C)(O)O.COC(C)(C)C.[CH2-]CC(CO)NC=O.[Cd].[Hg].[Hg]. The predicted octanol–water partition coefficient (Wildman–Crippen LogP) is 0.448. The van der Waals surface area contributed by atoms with Crippen LogP contribution in [0.3, 0.4) is 0 Å². The molecule has 1 unspecified atom stereocenters. The van der Waals surface area contributed by atoms with Crippen molar-refractivity contribution in [1.82, 2.24) is 5.32 Å². The first-order chi connectivity index (χ1) is 8.41. The summed E-state index contributed by atoms with van der Waals surface area (Å²) in [4.78, 5) is 9.68. The Hall–Kier alpha value is 2.10. The van der Waals surface area contributed by atoms with Gasteiger partial charge in [0.05, 0.1) is 12.2 Å². The number of carbonyl (C=O) groups excluding carboxylic acids is 1. The molecule has 0 aliphatic heterocycles. The average molecular weight is 794 g/mol. The van der Waals surface area contributed by atoms with E-state index in [9.17, 15) is 4.79 Å². The zero-order valence-electron chi connectivity index (χ0n) is 15.1. The Morgan fingerprint density at radius 2 is 1.45 bits per heavy atom. The van der Waals surface area contributed by atoms with E-state index in [1.807, 2.05) is 20.8 Å². The molecule has 9 heteroatoms. The third kappa shape index (κ3) is 67.2. The van der Waals surface area contributed by atoms with Crippen molar-refractivity contribution in [2.75, 3.05) is 13.7 Å². The molecule has 0 aliphatic rings. The molecule has 0 heterocycles. The van der Waals surface area contributed by atoms with Crippen LogP contribution in [0.15, 0.2) is 0 Å². The predicted molar refractivity (Wildman–Crippen MR) is 75.3 cm³/mol. The molecule has 0 rings (SSSR count). The number of nitrogens with one attached hydrogen (secondary N) is 1. The smallest absolute Gasteiger partial charge is 0.207 e. The quantitative estimate of drug-likeness (QED) is 0.144. The van der Waals surface area contributed by atoms with Crippen LogP contribution >= 0.6 is 0 Å². The molecule has 0 radical (unpaired) electrons. The van der Waals surface area contributed by atoms with Gasteiger partial charge in [-0.15, -0.1) is 0 Å². The van der Waals surface area contributed by atoms with Crippen LogP contribution in [0.5, 0.6) is 0 Å². The Kier molecular flexibility index (Phi) is 41.2. The number of hydrogen-bond acceptors (Lipinski definition) is 5. The first-order valence-electron chi connectivity index (χ1n) is 6.01. The second-order valence-electron chi connectivity index (χ2n) is 5.26. The van der Waals surface area contributed by atoms with Gasteiger partial charge in [0, 0.05) is 95.8 Å². The van der Waals surface area contributed by atoms with Crippen LogP contribution in [0.2, 0.25) is 0 Å². The van der Waals surface area contributed by atoms with Crippen LogP contribution < -0.4 is 5.32 Å². The van der Waals surface area contributed by atoms with Crippen molar-refractivity contribution >= 4 is 6.41 Å². The molecule has 0 bridgehead atoms. The van der Waals surface area contributed by atoms with Gasteiger partial charge in [0.2, 0.25) is 6.41 Å². The molecule has 0 saturated heterocycles. The minimum absolute atomic E-state index is 0. The molecule has 0 saturated carbocycles. The number of aliphatic hydroxyl groups is 3. The van der Waals surface area contributed by atoms with E-state index in [1.54, 1.807) is 7.11 Å². The van der Waals surface area contributed by atoms with E-state index >= 15 is 0 Å². The number of amides is 1. The summed E-state index contributed by atoms with van der Waals surface area (Å²) in [6.07, 6.45) is 1.08. The van der Waals surface area contributed by atoms with E-state index in [1.165, 1.54) is 13.8 Å². The molecule has 0 aromatic carbocycles. The van der Waals surface area contributed by atoms with Gasteiger partial charge < -0.3 is 32.3 Å². The van der Waals surface area contributed by atoms with Gasteiger partial charge in [-0.25, -0.2) is 0 Å². The van der Waals surface area contributed by atoms with E-state index < -0.39 is 5.79 Å². The molecule has 4 N–H and O–H groups in total. The fourth-order valence-corrected chi connectivity index (χ4v) is 0.324. The third-order valence-corrected chi connectivity index (χ3v) is 1.48. The zero-order valence-corrected chi connectivity index (χ0v) is 30.1. The molecule has 124 valence electrons. The zero-order chi connectivity index (χ0) is 16.1. The van der Waals surface area contributed by atoms with Crippen molar-refractivity contribution in [2.45, 2.75) is 58.5 Å². The first-order valence-corrected chi connectivity index (χ1v) is 6.01. The van der Waals surface area contributed by atoms with Crippen molar-refractivity contribution in [3.05, 3.63) is 6.92 Å². The fraction of sp³-hybridized carbons (Fsp3) is 0.846. The molecular formula is C13H30CdHg2NO5-. The molecule has 1 atom stereocenters. The van der Waals surface area contributed by atoms with E-state index in [0.29, 0.717) is 12.8 Å². The van der Waals surface area contributed by atoms with Gasteiger partial charge in [0.1, 0.15) is 0 Å². The topological polar surface area (TPSA) is 99.0 Å². The van der Waals surface area contributed by atoms with Crippen molar-refractivity contribution in [2.24, 2.45) is 0 Å². The molecule has 0 aromatic heterocycles. The largest absolute Gasteiger partial charge is 0.394 e. The summed E-state index contributed by atoms with van der Waals surface area (Å²) in [5, 5.41) is 26.9. The van der Waals surface area contributed by atoms with Gasteiger partial charge in [-0.3, -0.25) is 4.79 Å². The molecule has 0 aromatic rings. The molecule has 0 aliphatic carbocycles. The minimum atomic E-state index is -1.50. The van der Waals surface area contributed by atoms with Gasteiger partial charge in [0.25, 0.3) is 0 Å². The number of aliphatic hydroxyl groups excluding tert-OH is 1. The number of carbonyl (C=O) groups is 1. The van der Waals surface area contributed by atoms with Crippen LogP contribution in [0, 0.1) is 6.92 Å². The van der Waals surface area contributed by atoms with Gasteiger partial charge in [-0.1, -0.05) is 0 Å². The monoisotopic (exact) mass is 798 g/mol. The van der Waals surface area contributed by atoms with E-state index in [0.717, 1.165) is 0 Å². The molecular weight excluding hydrogens is 764 g/mol. The average Bonchev–Trinajstić information content (AvgIpc) is 2.23. The number of rotatable bonds is 4. The van der Waals surface area contributed by atoms with Crippen molar-refractivity contribution in [3.8, 4) is 0 Å². The summed E-state index contributed by atoms with van der Waals surface area (Å²) in [7, 11) is 1.71. The summed E-state index contributed by atoms with van der Waals surface area (Å²) < 4.78 is 4.94. The molecule has 0 fully saturated rings. The number of methoxy groups -OCH3 is 1. The molecule has 22 heavy (non-hydrogen) atoms. The second kappa shape index (κ2) is 23.1. The number of hydrogen-bond donors (Lipinski definition) is 4. The second-order valence-corrected chi connectivity index (χ2v) is 5.26. The summed E-state index contributed by atoms with van der Waals surface area (Å²) >= 11 is 0. The fourth-order valence-electron chi connectivity index (χ4n) is 0.324.